The zero-order valence-corrected chi connectivity index (χ0v) is 11.3. The molecule has 3 N–H and O–H groups in total. The van der Waals surface area contributed by atoms with Crippen LogP contribution in [-0.4, -0.2) is 11.7 Å². The first-order valence-electron chi connectivity index (χ1n) is 6.78. The van der Waals surface area contributed by atoms with Gasteiger partial charge in [-0.15, -0.1) is 0 Å². The number of hydrogen-bond acceptors (Lipinski definition) is 2. The van der Waals surface area contributed by atoms with E-state index in [1.165, 1.54) is 5.56 Å². The zero-order valence-electron chi connectivity index (χ0n) is 11.3. The molecule has 0 spiro atoms. The van der Waals surface area contributed by atoms with Crippen LogP contribution in [0.5, 0.6) is 0 Å². The molecule has 2 rings (SSSR count). The number of aliphatic hydroxyl groups is 1. The van der Waals surface area contributed by atoms with Crippen LogP contribution in [0.2, 0.25) is 0 Å². The van der Waals surface area contributed by atoms with E-state index in [4.69, 9.17) is 5.73 Å². The van der Waals surface area contributed by atoms with Crippen LogP contribution in [0.15, 0.2) is 54.6 Å². The average molecular weight is 255 g/mol. The standard InChI is InChI=1S/C17H21NO/c1-2-13-8-10-15(11-9-13)17(19)16(12-18)14-6-4-3-5-7-14/h3-11,16-17,19H,2,12,18H2,1H3. The number of rotatable bonds is 5. The maximum absolute atomic E-state index is 10.5. The van der Waals surface area contributed by atoms with Crippen LogP contribution >= 0.6 is 0 Å². The van der Waals surface area contributed by atoms with E-state index < -0.39 is 6.10 Å². The minimum atomic E-state index is -0.557. The predicted molar refractivity (Wildman–Crippen MR) is 79.0 cm³/mol. The second-order valence-electron chi connectivity index (χ2n) is 4.79. The molecule has 0 aromatic heterocycles. The van der Waals surface area contributed by atoms with Crippen LogP contribution in [0, 0.1) is 0 Å². The van der Waals surface area contributed by atoms with E-state index >= 15 is 0 Å². The molecule has 2 heteroatoms. The van der Waals surface area contributed by atoms with Gasteiger partial charge in [0.15, 0.2) is 0 Å². The van der Waals surface area contributed by atoms with Gasteiger partial charge in [0, 0.05) is 12.5 Å². The van der Waals surface area contributed by atoms with Gasteiger partial charge >= 0.3 is 0 Å². The monoisotopic (exact) mass is 255 g/mol. The molecule has 0 fully saturated rings. The Labute approximate surface area is 114 Å². The number of benzene rings is 2. The lowest BCUT2D eigenvalue weighted by Gasteiger charge is -2.22. The number of aryl methyl sites for hydroxylation is 1. The van der Waals surface area contributed by atoms with Gasteiger partial charge < -0.3 is 10.8 Å². The molecule has 2 atom stereocenters. The van der Waals surface area contributed by atoms with Crippen molar-refractivity contribution in [3.63, 3.8) is 0 Å². The molecule has 0 aliphatic rings. The smallest absolute Gasteiger partial charge is 0.0870 e. The number of hydrogen-bond donors (Lipinski definition) is 2. The van der Waals surface area contributed by atoms with Crippen molar-refractivity contribution in [2.24, 2.45) is 5.73 Å². The lowest BCUT2D eigenvalue weighted by atomic mass is 9.89. The Hall–Kier alpha value is -1.64. The molecule has 2 unspecified atom stereocenters. The third-order valence-corrected chi connectivity index (χ3v) is 3.59. The molecular formula is C17H21NO. The summed E-state index contributed by atoms with van der Waals surface area (Å²) in [6.45, 7) is 2.55. The molecule has 0 aliphatic heterocycles. The van der Waals surface area contributed by atoms with Gasteiger partial charge in [-0.3, -0.25) is 0 Å². The Morgan fingerprint density at radius 2 is 1.58 bits per heavy atom. The van der Waals surface area contributed by atoms with Crippen LogP contribution in [0.4, 0.5) is 0 Å². The molecule has 0 saturated heterocycles. The fourth-order valence-corrected chi connectivity index (χ4v) is 2.33. The maximum atomic E-state index is 10.5. The average Bonchev–Trinajstić information content (AvgIpc) is 2.49. The van der Waals surface area contributed by atoms with Gasteiger partial charge in [-0.1, -0.05) is 61.5 Å². The molecule has 0 radical (unpaired) electrons. The van der Waals surface area contributed by atoms with Crippen molar-refractivity contribution in [1.82, 2.24) is 0 Å². The van der Waals surface area contributed by atoms with Crippen molar-refractivity contribution in [1.29, 1.82) is 0 Å². The van der Waals surface area contributed by atoms with Crippen LogP contribution in [0.1, 0.15) is 35.6 Å². The van der Waals surface area contributed by atoms with E-state index in [0.29, 0.717) is 6.54 Å². The Balaban J connectivity index is 2.22. The van der Waals surface area contributed by atoms with Crippen LogP contribution < -0.4 is 5.73 Å². The zero-order chi connectivity index (χ0) is 13.7. The van der Waals surface area contributed by atoms with Gasteiger partial charge in [-0.25, -0.2) is 0 Å². The highest BCUT2D eigenvalue weighted by Gasteiger charge is 2.21. The van der Waals surface area contributed by atoms with Gasteiger partial charge in [0.05, 0.1) is 6.10 Å². The summed E-state index contributed by atoms with van der Waals surface area (Å²) in [5.41, 5.74) is 9.12. The SMILES string of the molecule is CCc1ccc(C(O)C(CN)c2ccccc2)cc1. The summed E-state index contributed by atoms with van der Waals surface area (Å²) >= 11 is 0. The summed E-state index contributed by atoms with van der Waals surface area (Å²) in [4.78, 5) is 0. The molecule has 0 saturated carbocycles. The first-order valence-corrected chi connectivity index (χ1v) is 6.78. The predicted octanol–water partition coefficient (Wildman–Crippen LogP) is 3.02. The Kier molecular flexibility index (Phi) is 4.72. The minimum Gasteiger partial charge on any atom is -0.388 e. The number of nitrogens with two attached hydrogens (primary N) is 1. The minimum absolute atomic E-state index is 0.0614. The maximum Gasteiger partial charge on any atom is 0.0870 e. The van der Waals surface area contributed by atoms with E-state index in [2.05, 4.69) is 19.1 Å². The summed E-state index contributed by atoms with van der Waals surface area (Å²) in [6.07, 6.45) is 0.452. The third-order valence-electron chi connectivity index (χ3n) is 3.59. The van der Waals surface area contributed by atoms with E-state index in [0.717, 1.165) is 17.5 Å². The Bertz CT molecular complexity index is 492. The summed E-state index contributed by atoms with van der Waals surface area (Å²) in [7, 11) is 0. The molecule has 0 amide bonds. The van der Waals surface area contributed by atoms with Gasteiger partial charge in [0.25, 0.3) is 0 Å². The topological polar surface area (TPSA) is 46.2 Å². The first kappa shape index (κ1) is 13.8. The molecule has 0 heterocycles. The highest BCUT2D eigenvalue weighted by molar-refractivity contribution is 5.29. The van der Waals surface area contributed by atoms with E-state index in [-0.39, 0.29) is 5.92 Å². The molecule has 2 nitrogen and oxygen atoms in total. The largest absolute Gasteiger partial charge is 0.388 e. The third kappa shape index (κ3) is 3.22. The Morgan fingerprint density at radius 1 is 0.947 bits per heavy atom. The normalized spacial score (nSPS) is 14.1. The van der Waals surface area contributed by atoms with Crippen molar-refractivity contribution >= 4 is 0 Å². The Morgan fingerprint density at radius 3 is 2.11 bits per heavy atom. The molecule has 19 heavy (non-hydrogen) atoms. The van der Waals surface area contributed by atoms with Crippen molar-refractivity contribution in [3.05, 3.63) is 71.3 Å². The molecular weight excluding hydrogens is 234 g/mol. The van der Waals surface area contributed by atoms with Gasteiger partial charge in [-0.05, 0) is 23.1 Å². The quantitative estimate of drug-likeness (QED) is 0.862. The molecule has 2 aromatic rings. The molecule has 100 valence electrons. The fourth-order valence-electron chi connectivity index (χ4n) is 2.33. The summed E-state index contributed by atoms with van der Waals surface area (Å²) in [5.74, 6) is -0.0614. The second-order valence-corrected chi connectivity index (χ2v) is 4.79. The van der Waals surface area contributed by atoms with Gasteiger partial charge in [0.2, 0.25) is 0 Å². The van der Waals surface area contributed by atoms with E-state index in [1.807, 2.05) is 42.5 Å². The van der Waals surface area contributed by atoms with Crippen molar-refractivity contribution in [3.8, 4) is 0 Å². The highest BCUT2D eigenvalue weighted by Crippen LogP contribution is 2.30. The lowest BCUT2D eigenvalue weighted by Crippen LogP contribution is -2.20. The fraction of sp³-hybridized carbons (Fsp3) is 0.294. The molecule has 0 bridgehead atoms. The highest BCUT2D eigenvalue weighted by atomic mass is 16.3. The van der Waals surface area contributed by atoms with E-state index in [9.17, 15) is 5.11 Å². The van der Waals surface area contributed by atoms with Crippen LogP contribution in [0.25, 0.3) is 0 Å². The summed E-state index contributed by atoms with van der Waals surface area (Å²) in [6, 6.07) is 18.1. The second kappa shape index (κ2) is 6.50. The van der Waals surface area contributed by atoms with Gasteiger partial charge in [0.1, 0.15) is 0 Å². The van der Waals surface area contributed by atoms with Crippen molar-refractivity contribution in [2.75, 3.05) is 6.54 Å². The lowest BCUT2D eigenvalue weighted by molar-refractivity contribution is 0.147. The molecule has 2 aromatic carbocycles. The van der Waals surface area contributed by atoms with Crippen LogP contribution in [-0.2, 0) is 6.42 Å². The number of aliphatic hydroxyl groups excluding tert-OH is 1. The first-order chi connectivity index (χ1) is 9.26. The van der Waals surface area contributed by atoms with Crippen molar-refractivity contribution in [2.45, 2.75) is 25.4 Å². The molecule has 0 aliphatic carbocycles. The summed E-state index contributed by atoms with van der Waals surface area (Å²) in [5, 5.41) is 10.5. The van der Waals surface area contributed by atoms with Gasteiger partial charge in [-0.2, -0.15) is 0 Å². The van der Waals surface area contributed by atoms with Crippen molar-refractivity contribution < 1.29 is 5.11 Å². The van der Waals surface area contributed by atoms with Crippen LogP contribution in [0.3, 0.4) is 0 Å². The summed E-state index contributed by atoms with van der Waals surface area (Å²) < 4.78 is 0. The van der Waals surface area contributed by atoms with E-state index in [1.54, 1.807) is 0 Å².